The van der Waals surface area contributed by atoms with E-state index < -0.39 is 0 Å². The molecule has 0 bridgehead atoms. The van der Waals surface area contributed by atoms with Gasteiger partial charge in [0.15, 0.2) is 0 Å². The number of hydrogen-bond acceptors (Lipinski definition) is 2. The topological polar surface area (TPSA) is 12.9 Å². The highest BCUT2D eigenvalue weighted by Crippen LogP contribution is 2.44. The first-order valence-corrected chi connectivity index (χ1v) is 15.4. The molecule has 0 unspecified atom stereocenters. The molecule has 0 radical (unpaired) electrons. The predicted molar refractivity (Wildman–Crippen MR) is 185 cm³/mol. The van der Waals surface area contributed by atoms with Crippen LogP contribution in [-0.2, 0) is 0 Å². The van der Waals surface area contributed by atoms with Crippen molar-refractivity contribution in [3.05, 3.63) is 152 Å². The standard InChI is InChI=1S/C41H25NS/c1-2-7-38-33(4-1)24-39(43-38)30-14-12-29(13-15-30)37-25-36(28-10-8-26(9-11-28)27-20-22-42-23-21-27)34-18-16-31-5-3-6-32-17-19-35(37)41(34)40(31)32/h1-25H. The Morgan fingerprint density at radius 3 is 1.60 bits per heavy atom. The van der Waals surface area contributed by atoms with E-state index in [0.29, 0.717) is 0 Å². The van der Waals surface area contributed by atoms with Crippen LogP contribution in [0.5, 0.6) is 0 Å². The average molecular weight is 564 g/mol. The molecule has 200 valence electrons. The van der Waals surface area contributed by atoms with Gasteiger partial charge in [-0.25, -0.2) is 0 Å². The Bertz CT molecular complexity index is 2370. The summed E-state index contributed by atoms with van der Waals surface area (Å²) in [7, 11) is 0. The molecule has 2 heteroatoms. The number of rotatable bonds is 4. The second-order valence-corrected chi connectivity index (χ2v) is 12.3. The van der Waals surface area contributed by atoms with Crippen LogP contribution in [0.25, 0.3) is 86.2 Å². The number of fused-ring (bicyclic) bond motifs is 1. The first-order valence-electron chi connectivity index (χ1n) is 14.6. The summed E-state index contributed by atoms with van der Waals surface area (Å²) in [5.74, 6) is 0. The minimum absolute atomic E-state index is 1.18. The van der Waals surface area contributed by atoms with E-state index in [-0.39, 0.29) is 0 Å². The minimum atomic E-state index is 1.18. The summed E-state index contributed by atoms with van der Waals surface area (Å²) in [4.78, 5) is 5.49. The Morgan fingerprint density at radius 1 is 0.395 bits per heavy atom. The zero-order valence-electron chi connectivity index (χ0n) is 23.3. The fourth-order valence-electron chi connectivity index (χ4n) is 6.63. The molecule has 0 saturated heterocycles. The van der Waals surface area contributed by atoms with Gasteiger partial charge in [-0.3, -0.25) is 4.98 Å². The van der Waals surface area contributed by atoms with Crippen molar-refractivity contribution in [2.45, 2.75) is 0 Å². The zero-order valence-corrected chi connectivity index (χ0v) is 24.1. The molecule has 0 atom stereocenters. The lowest BCUT2D eigenvalue weighted by atomic mass is 9.85. The molecule has 9 aromatic rings. The first-order chi connectivity index (χ1) is 21.3. The summed E-state index contributed by atoms with van der Waals surface area (Å²) < 4.78 is 1.33. The molecule has 0 N–H and O–H groups in total. The maximum Gasteiger partial charge on any atom is 0.0355 e. The van der Waals surface area contributed by atoms with Gasteiger partial charge in [0.2, 0.25) is 0 Å². The average Bonchev–Trinajstić information content (AvgIpc) is 3.52. The van der Waals surface area contributed by atoms with Gasteiger partial charge in [0, 0.05) is 22.0 Å². The Hall–Kier alpha value is -5.31. The van der Waals surface area contributed by atoms with Gasteiger partial charge in [-0.15, -0.1) is 11.3 Å². The van der Waals surface area contributed by atoms with Crippen molar-refractivity contribution >= 4 is 53.7 Å². The maximum absolute atomic E-state index is 4.18. The van der Waals surface area contributed by atoms with Gasteiger partial charge in [-0.05, 0) is 107 Å². The molecule has 9 rings (SSSR count). The molecule has 0 spiro atoms. The molecule has 0 aliphatic heterocycles. The number of thiophene rings is 1. The summed E-state index contributed by atoms with van der Waals surface area (Å²) in [5, 5.41) is 9.15. The van der Waals surface area contributed by atoms with Gasteiger partial charge < -0.3 is 0 Å². The van der Waals surface area contributed by atoms with Crippen molar-refractivity contribution in [2.24, 2.45) is 0 Å². The predicted octanol–water partition coefficient (Wildman–Crippen LogP) is 11.9. The molecular formula is C41H25NS. The quantitative estimate of drug-likeness (QED) is 0.194. The molecule has 0 aliphatic rings. The summed E-state index contributed by atoms with van der Waals surface area (Å²) >= 11 is 1.86. The zero-order chi connectivity index (χ0) is 28.3. The second kappa shape index (κ2) is 9.62. The number of benzene rings is 7. The van der Waals surface area contributed by atoms with Gasteiger partial charge >= 0.3 is 0 Å². The van der Waals surface area contributed by atoms with Gasteiger partial charge in [0.25, 0.3) is 0 Å². The van der Waals surface area contributed by atoms with E-state index in [9.17, 15) is 0 Å². The Balaban J connectivity index is 1.24. The van der Waals surface area contributed by atoms with Crippen molar-refractivity contribution in [2.75, 3.05) is 0 Å². The minimum Gasteiger partial charge on any atom is -0.265 e. The van der Waals surface area contributed by atoms with Crippen LogP contribution in [0.15, 0.2) is 152 Å². The van der Waals surface area contributed by atoms with Crippen molar-refractivity contribution in [1.82, 2.24) is 4.98 Å². The highest BCUT2D eigenvalue weighted by molar-refractivity contribution is 7.22. The van der Waals surface area contributed by atoms with E-state index in [0.717, 1.165) is 0 Å². The third-order valence-corrected chi connectivity index (χ3v) is 9.93. The van der Waals surface area contributed by atoms with Crippen LogP contribution in [0.4, 0.5) is 0 Å². The van der Waals surface area contributed by atoms with Crippen LogP contribution in [0.2, 0.25) is 0 Å². The van der Waals surface area contributed by atoms with Gasteiger partial charge in [-0.2, -0.15) is 0 Å². The molecule has 1 nitrogen and oxygen atoms in total. The molecule has 43 heavy (non-hydrogen) atoms. The lowest BCUT2D eigenvalue weighted by Gasteiger charge is -2.18. The fraction of sp³-hybridized carbons (Fsp3) is 0. The normalized spacial score (nSPS) is 11.7. The fourth-order valence-corrected chi connectivity index (χ4v) is 7.70. The molecule has 0 aliphatic carbocycles. The van der Waals surface area contributed by atoms with E-state index in [1.54, 1.807) is 0 Å². The smallest absolute Gasteiger partial charge is 0.0355 e. The molecule has 2 heterocycles. The van der Waals surface area contributed by atoms with Crippen LogP contribution >= 0.6 is 11.3 Å². The molecular weight excluding hydrogens is 539 g/mol. The van der Waals surface area contributed by atoms with Gasteiger partial charge in [0.05, 0.1) is 0 Å². The monoisotopic (exact) mass is 563 g/mol. The maximum atomic E-state index is 4.18. The molecule has 0 amide bonds. The number of nitrogens with zero attached hydrogens (tertiary/aromatic N) is 1. The first kappa shape index (κ1) is 24.3. The number of aromatic nitrogens is 1. The summed E-state index contributed by atoms with van der Waals surface area (Å²) in [6, 6.07) is 51.4. The SMILES string of the molecule is c1ccc2sc(-c3ccc(-c4cc(-c5ccc(-c6ccncc6)cc5)c5ccc6cccc7ccc4c5c67)cc3)cc2c1. The molecule has 2 aromatic heterocycles. The largest absolute Gasteiger partial charge is 0.265 e. The van der Waals surface area contributed by atoms with Crippen LogP contribution in [0.1, 0.15) is 0 Å². The lowest BCUT2D eigenvalue weighted by Crippen LogP contribution is -1.91. The van der Waals surface area contributed by atoms with E-state index in [1.807, 2.05) is 23.7 Å². The number of hydrogen-bond donors (Lipinski definition) is 0. The third kappa shape index (κ3) is 3.95. The number of pyridine rings is 1. The van der Waals surface area contributed by atoms with Crippen LogP contribution < -0.4 is 0 Å². The molecule has 0 saturated carbocycles. The highest BCUT2D eigenvalue weighted by atomic mass is 32.1. The van der Waals surface area contributed by atoms with Crippen LogP contribution in [0.3, 0.4) is 0 Å². The van der Waals surface area contributed by atoms with Crippen molar-refractivity contribution < 1.29 is 0 Å². The van der Waals surface area contributed by atoms with Gasteiger partial charge in [-0.1, -0.05) is 109 Å². The molecule has 0 fully saturated rings. The van der Waals surface area contributed by atoms with Crippen molar-refractivity contribution in [3.63, 3.8) is 0 Å². The van der Waals surface area contributed by atoms with Crippen LogP contribution in [0, 0.1) is 0 Å². The van der Waals surface area contributed by atoms with Crippen molar-refractivity contribution in [3.8, 4) is 43.8 Å². The second-order valence-electron chi connectivity index (χ2n) is 11.2. The Labute approximate surface area is 253 Å². The molecule has 7 aromatic carbocycles. The summed E-state index contributed by atoms with van der Waals surface area (Å²) in [5.41, 5.74) is 8.61. The van der Waals surface area contributed by atoms with Crippen LogP contribution in [-0.4, -0.2) is 4.98 Å². The highest BCUT2D eigenvalue weighted by Gasteiger charge is 2.17. The van der Waals surface area contributed by atoms with E-state index >= 15 is 0 Å². The van der Waals surface area contributed by atoms with E-state index in [2.05, 4.69) is 145 Å². The van der Waals surface area contributed by atoms with Gasteiger partial charge in [0.1, 0.15) is 0 Å². The Morgan fingerprint density at radius 2 is 0.953 bits per heavy atom. The van der Waals surface area contributed by atoms with Crippen molar-refractivity contribution in [1.29, 1.82) is 0 Å². The van der Waals surface area contributed by atoms with E-state index in [1.165, 1.54) is 86.2 Å². The van der Waals surface area contributed by atoms with E-state index in [4.69, 9.17) is 0 Å². The summed E-state index contributed by atoms with van der Waals surface area (Å²) in [6.45, 7) is 0. The Kier molecular flexibility index (Phi) is 5.44. The lowest BCUT2D eigenvalue weighted by molar-refractivity contribution is 1.33. The summed E-state index contributed by atoms with van der Waals surface area (Å²) in [6.07, 6.45) is 3.70. The third-order valence-electron chi connectivity index (χ3n) is 8.76.